The summed E-state index contributed by atoms with van der Waals surface area (Å²) >= 11 is 0. The van der Waals surface area contributed by atoms with Crippen molar-refractivity contribution in [3.8, 4) is 0 Å². The van der Waals surface area contributed by atoms with E-state index >= 15 is 0 Å². The van der Waals surface area contributed by atoms with Gasteiger partial charge in [-0.2, -0.15) is 0 Å². The number of nitrogens with zero attached hydrogens (tertiary/aromatic N) is 4. The van der Waals surface area contributed by atoms with Crippen molar-refractivity contribution in [2.24, 2.45) is 0 Å². The molecule has 0 amide bonds. The second kappa shape index (κ2) is 7.12. The number of hydrogen-bond acceptors (Lipinski definition) is 4. The fraction of sp³-hybridized carbons (Fsp3) is 0.600. The lowest BCUT2D eigenvalue weighted by Gasteiger charge is -2.19. The van der Waals surface area contributed by atoms with Crippen molar-refractivity contribution >= 4 is 17.3 Å². The highest BCUT2D eigenvalue weighted by Crippen LogP contribution is 2.20. The Kier molecular flexibility index (Phi) is 5.21. The fourth-order valence-electron chi connectivity index (χ4n) is 2.21. The Bertz CT molecular complexity index is 534. The van der Waals surface area contributed by atoms with E-state index in [4.69, 9.17) is 4.98 Å². The van der Waals surface area contributed by atoms with Crippen molar-refractivity contribution in [3.05, 3.63) is 18.6 Å². The standard InChI is InChI=1S/C15H25N5/c1-4-6-7-10-19(3)15-14-17-9-11-20(14)12-13(18-15)16-8-5-2/h9,11-12,16H,4-8,10H2,1-3H3. The van der Waals surface area contributed by atoms with Gasteiger partial charge in [0.15, 0.2) is 11.5 Å². The Labute approximate surface area is 121 Å². The van der Waals surface area contributed by atoms with Gasteiger partial charge in [0.05, 0.1) is 6.20 Å². The van der Waals surface area contributed by atoms with E-state index in [9.17, 15) is 0 Å². The number of fused-ring (bicyclic) bond motifs is 1. The normalized spacial score (nSPS) is 10.9. The molecule has 0 saturated heterocycles. The summed E-state index contributed by atoms with van der Waals surface area (Å²) in [5.41, 5.74) is 0.922. The van der Waals surface area contributed by atoms with E-state index in [1.807, 2.05) is 23.0 Å². The molecule has 2 aromatic heterocycles. The lowest BCUT2D eigenvalue weighted by molar-refractivity contribution is 0.701. The summed E-state index contributed by atoms with van der Waals surface area (Å²) in [6.45, 7) is 6.33. The largest absolute Gasteiger partial charge is 0.369 e. The number of hydrogen-bond donors (Lipinski definition) is 1. The zero-order valence-electron chi connectivity index (χ0n) is 12.8. The summed E-state index contributed by atoms with van der Waals surface area (Å²) < 4.78 is 2.04. The topological polar surface area (TPSA) is 45.5 Å². The molecule has 0 fully saturated rings. The molecule has 0 aliphatic carbocycles. The molecule has 0 saturated carbocycles. The highest BCUT2D eigenvalue weighted by molar-refractivity contribution is 5.66. The van der Waals surface area contributed by atoms with Gasteiger partial charge < -0.3 is 14.6 Å². The summed E-state index contributed by atoms with van der Waals surface area (Å²) in [5, 5.41) is 3.35. The van der Waals surface area contributed by atoms with E-state index in [0.717, 1.165) is 36.8 Å². The molecule has 0 aromatic carbocycles. The third-order valence-corrected chi connectivity index (χ3v) is 3.37. The van der Waals surface area contributed by atoms with Gasteiger partial charge in [-0.1, -0.05) is 26.7 Å². The number of nitrogens with one attached hydrogen (secondary N) is 1. The number of rotatable bonds is 8. The van der Waals surface area contributed by atoms with Crippen LogP contribution < -0.4 is 10.2 Å². The predicted octanol–water partition coefficient (Wildman–Crippen LogP) is 3.18. The van der Waals surface area contributed by atoms with Crippen molar-refractivity contribution in [1.29, 1.82) is 0 Å². The smallest absolute Gasteiger partial charge is 0.180 e. The van der Waals surface area contributed by atoms with E-state index in [0.29, 0.717) is 0 Å². The average molecular weight is 275 g/mol. The number of imidazole rings is 1. The minimum atomic E-state index is 0.912. The molecule has 20 heavy (non-hydrogen) atoms. The first-order chi connectivity index (χ1) is 9.76. The van der Waals surface area contributed by atoms with Crippen LogP contribution in [0, 0.1) is 0 Å². The highest BCUT2D eigenvalue weighted by atomic mass is 15.2. The van der Waals surface area contributed by atoms with Crippen LogP contribution in [0.2, 0.25) is 0 Å². The maximum atomic E-state index is 4.72. The molecule has 0 bridgehead atoms. The van der Waals surface area contributed by atoms with Gasteiger partial charge in [0.2, 0.25) is 0 Å². The number of unbranched alkanes of at least 4 members (excludes halogenated alkanes) is 2. The number of aromatic nitrogens is 3. The van der Waals surface area contributed by atoms with Crippen LogP contribution in [-0.2, 0) is 0 Å². The monoisotopic (exact) mass is 275 g/mol. The van der Waals surface area contributed by atoms with Crippen molar-refractivity contribution in [2.75, 3.05) is 30.4 Å². The van der Waals surface area contributed by atoms with Crippen molar-refractivity contribution in [2.45, 2.75) is 39.5 Å². The minimum absolute atomic E-state index is 0.912. The van der Waals surface area contributed by atoms with Gasteiger partial charge in [-0.15, -0.1) is 0 Å². The molecule has 5 nitrogen and oxygen atoms in total. The molecule has 5 heteroatoms. The molecular formula is C15H25N5. The van der Waals surface area contributed by atoms with E-state index in [1.54, 1.807) is 0 Å². The first kappa shape index (κ1) is 14.6. The van der Waals surface area contributed by atoms with Crippen molar-refractivity contribution < 1.29 is 0 Å². The first-order valence-electron chi connectivity index (χ1n) is 7.55. The van der Waals surface area contributed by atoms with Gasteiger partial charge >= 0.3 is 0 Å². The van der Waals surface area contributed by atoms with E-state index < -0.39 is 0 Å². The Hall–Kier alpha value is -1.78. The zero-order valence-corrected chi connectivity index (χ0v) is 12.8. The van der Waals surface area contributed by atoms with Crippen molar-refractivity contribution in [3.63, 3.8) is 0 Å². The predicted molar refractivity (Wildman–Crippen MR) is 84.6 cm³/mol. The van der Waals surface area contributed by atoms with Gasteiger partial charge in [-0.05, 0) is 12.8 Å². The molecule has 0 aliphatic heterocycles. The molecule has 0 aliphatic rings. The van der Waals surface area contributed by atoms with Crippen LogP contribution in [-0.4, -0.2) is 34.5 Å². The molecule has 2 rings (SSSR count). The van der Waals surface area contributed by atoms with Gasteiger partial charge in [-0.25, -0.2) is 9.97 Å². The lowest BCUT2D eigenvalue weighted by atomic mass is 10.2. The van der Waals surface area contributed by atoms with Gasteiger partial charge in [0.1, 0.15) is 5.82 Å². The summed E-state index contributed by atoms with van der Waals surface area (Å²) in [7, 11) is 2.09. The maximum Gasteiger partial charge on any atom is 0.180 e. The quantitative estimate of drug-likeness (QED) is 0.752. The van der Waals surface area contributed by atoms with Crippen LogP contribution in [0.1, 0.15) is 39.5 Å². The molecule has 0 atom stereocenters. The minimum Gasteiger partial charge on any atom is -0.369 e. The molecule has 0 spiro atoms. The second-order valence-corrected chi connectivity index (χ2v) is 5.16. The van der Waals surface area contributed by atoms with Crippen LogP contribution in [0.3, 0.4) is 0 Å². The van der Waals surface area contributed by atoms with Gasteiger partial charge in [0, 0.05) is 32.5 Å². The molecule has 0 radical (unpaired) electrons. The lowest BCUT2D eigenvalue weighted by Crippen LogP contribution is -2.21. The Morgan fingerprint density at radius 2 is 2.10 bits per heavy atom. The number of anilines is 2. The van der Waals surface area contributed by atoms with Crippen LogP contribution >= 0.6 is 0 Å². The van der Waals surface area contributed by atoms with Crippen LogP contribution in [0.4, 0.5) is 11.6 Å². The van der Waals surface area contributed by atoms with E-state index in [2.05, 4.69) is 36.1 Å². The zero-order chi connectivity index (χ0) is 14.4. The summed E-state index contributed by atoms with van der Waals surface area (Å²) in [6.07, 6.45) is 10.6. The molecule has 0 unspecified atom stereocenters. The average Bonchev–Trinajstić information content (AvgIpc) is 2.92. The first-order valence-corrected chi connectivity index (χ1v) is 7.55. The summed E-state index contributed by atoms with van der Waals surface area (Å²) in [4.78, 5) is 11.3. The van der Waals surface area contributed by atoms with Crippen LogP contribution in [0.25, 0.3) is 5.65 Å². The van der Waals surface area contributed by atoms with Crippen LogP contribution in [0.15, 0.2) is 18.6 Å². The molecule has 1 N–H and O–H groups in total. The highest BCUT2D eigenvalue weighted by Gasteiger charge is 2.11. The SMILES string of the molecule is CCCCCN(C)c1nc(NCCC)cn2ccnc12. The maximum absolute atomic E-state index is 4.72. The van der Waals surface area contributed by atoms with E-state index in [1.165, 1.54) is 19.3 Å². The van der Waals surface area contributed by atoms with Crippen LogP contribution in [0.5, 0.6) is 0 Å². The molecule has 2 heterocycles. The van der Waals surface area contributed by atoms with Gasteiger partial charge in [-0.3, -0.25) is 0 Å². The van der Waals surface area contributed by atoms with Gasteiger partial charge in [0.25, 0.3) is 0 Å². The molecule has 110 valence electrons. The Balaban J connectivity index is 2.22. The summed E-state index contributed by atoms with van der Waals surface area (Å²) in [5.74, 6) is 1.86. The fourth-order valence-corrected chi connectivity index (χ4v) is 2.21. The second-order valence-electron chi connectivity index (χ2n) is 5.16. The van der Waals surface area contributed by atoms with Crippen molar-refractivity contribution in [1.82, 2.24) is 14.4 Å². The Morgan fingerprint density at radius 3 is 2.85 bits per heavy atom. The third-order valence-electron chi connectivity index (χ3n) is 3.37. The Morgan fingerprint density at radius 1 is 1.25 bits per heavy atom. The third kappa shape index (κ3) is 3.40. The van der Waals surface area contributed by atoms with E-state index in [-0.39, 0.29) is 0 Å². The molecular weight excluding hydrogens is 250 g/mol. The summed E-state index contributed by atoms with van der Waals surface area (Å²) in [6, 6.07) is 0. The molecule has 2 aromatic rings.